The molecule has 2 aliphatic heterocycles. The molecule has 13 amide bonds. The molecule has 6 fully saturated rings. The number of hydrogen-bond donors (Lipinski definition) is 4. The maximum Gasteiger partial charge on any atom is 0.393 e. The zero-order chi connectivity index (χ0) is 77.9. The van der Waals surface area contributed by atoms with E-state index in [2.05, 4.69) is 21.3 Å². The number of nitrogens with one attached hydrogen (secondary N) is 4. The SMILES string of the molecule is CC[C@H](C)[C@@H]1NC(=O)[C@H](CC(C)C)N(C)C(=O)C[C@@H](C(=O)N2CCCCC2)N(C)C(=O)[C@H](C2CCCCC2)N(C)C(=O)C2(CCCC2)NC(=O)[C@H](CCC(=O)NC)N(C)C(=O)[C@H](CCC2CCC(C(F)(F)F)C(Cl)C2)NC(=O)CN(C)C(=O)[C@H](CC2CCCCC2)N(C)C(=O)CN(C)C(=O)CN(C)C1=O. The topological polar surface area (TPSA) is 299 Å². The molecule has 30 heteroatoms. The molecule has 4 N–H and O–H groups in total. The second kappa shape index (κ2) is 39.9. The Labute approximate surface area is 625 Å². The summed E-state index contributed by atoms with van der Waals surface area (Å²) >= 11 is 6.42. The van der Waals surface area contributed by atoms with Gasteiger partial charge in [0.25, 0.3) is 0 Å². The molecule has 0 aromatic carbocycles. The van der Waals surface area contributed by atoms with Crippen LogP contribution in [0.5, 0.6) is 0 Å². The highest BCUT2D eigenvalue weighted by atomic mass is 35.5. The minimum Gasteiger partial charge on any atom is -0.359 e. The lowest BCUT2D eigenvalue weighted by atomic mass is 9.78. The standard InChI is InChI=1S/C75H123ClF3N13O13/c1-14-48(4)64-71(103)86(8)45-62(96)84(6)46-63(97)88(10)57(42-49-26-18-15-19-27-49)69(101)85(7)44-60(94)81-54(33-31-50-30-32-52(53(76)41-50)75(77,78)79)68(100)89(11)55(34-35-59(93)80-5)67(99)83-74(36-22-23-37-74)73(105)91(13)65(51-28-20-16-21-29-51)72(104)90(12)58(70(102)92-38-24-17-25-39-92)43-61(95)87(9)56(40-47(2)3)66(98)82-64/h47-58,64-65H,14-46H2,1-13H3,(H,80,93)(H,81,94)(H,82,98)(H,83,99)/t48-,50?,52?,53?,54-,55-,56-,57-,58-,64-,65-/m0/s1. The van der Waals surface area contributed by atoms with Crippen LogP contribution in [-0.4, -0.2) is 276 Å². The Hall–Kier alpha value is -6.81. The molecule has 3 unspecified atom stereocenters. The minimum atomic E-state index is -4.55. The lowest BCUT2D eigenvalue weighted by Gasteiger charge is -2.43. The molecule has 1 spiro atoms. The summed E-state index contributed by atoms with van der Waals surface area (Å²) in [6.07, 6.45) is 5.59. The van der Waals surface area contributed by atoms with Gasteiger partial charge in [0.1, 0.15) is 47.8 Å². The smallest absolute Gasteiger partial charge is 0.359 e. The van der Waals surface area contributed by atoms with Crippen LogP contribution in [0.1, 0.15) is 207 Å². The average molecular weight is 1510 g/mol. The van der Waals surface area contributed by atoms with E-state index in [1.807, 2.05) is 20.8 Å². The van der Waals surface area contributed by atoms with E-state index < -0.39 is 186 Å². The van der Waals surface area contributed by atoms with Gasteiger partial charge in [0, 0.05) is 88.3 Å². The first kappa shape index (κ1) is 87.1. The van der Waals surface area contributed by atoms with Crippen molar-refractivity contribution in [3.63, 3.8) is 0 Å². The van der Waals surface area contributed by atoms with Crippen molar-refractivity contribution in [2.24, 2.45) is 35.5 Å². The number of piperidine rings is 1. The Morgan fingerprint density at radius 2 is 1.16 bits per heavy atom. The van der Waals surface area contributed by atoms with Gasteiger partial charge < -0.3 is 65.4 Å². The highest BCUT2D eigenvalue weighted by molar-refractivity contribution is 6.21. The lowest BCUT2D eigenvalue weighted by molar-refractivity contribution is -0.182. The van der Waals surface area contributed by atoms with Gasteiger partial charge in [-0.2, -0.15) is 13.2 Å². The average Bonchev–Trinajstić information content (AvgIpc) is 1.77. The zero-order valence-electron chi connectivity index (χ0n) is 64.8. The summed E-state index contributed by atoms with van der Waals surface area (Å²) in [6.45, 7) is 6.30. The van der Waals surface area contributed by atoms with Crippen LogP contribution in [0, 0.1) is 35.5 Å². The van der Waals surface area contributed by atoms with Crippen LogP contribution >= 0.6 is 11.6 Å². The highest BCUT2D eigenvalue weighted by Gasteiger charge is 2.52. The van der Waals surface area contributed by atoms with E-state index in [4.69, 9.17) is 11.6 Å². The molecule has 4 saturated carbocycles. The number of hydrogen-bond acceptors (Lipinski definition) is 13. The lowest BCUT2D eigenvalue weighted by Crippen LogP contribution is -2.65. The van der Waals surface area contributed by atoms with Gasteiger partial charge in [-0.05, 0) is 126 Å². The summed E-state index contributed by atoms with van der Waals surface area (Å²) in [6, 6.07) is -9.23. The molecule has 105 heavy (non-hydrogen) atoms. The normalized spacial score (nSPS) is 28.7. The number of alkyl halides is 4. The Balaban J connectivity index is 1.47. The number of likely N-dealkylation sites (tertiary alicyclic amines) is 1. The van der Waals surface area contributed by atoms with Crippen LogP contribution in [0.2, 0.25) is 0 Å². The molecule has 2 heterocycles. The minimum absolute atomic E-state index is 0.00000527. The van der Waals surface area contributed by atoms with Crippen LogP contribution in [0.25, 0.3) is 0 Å². The molecule has 0 aromatic heterocycles. The highest BCUT2D eigenvalue weighted by Crippen LogP contribution is 2.44. The Bertz CT molecular complexity index is 3030. The molecular weight excluding hydrogens is 1380 g/mol. The van der Waals surface area contributed by atoms with Crippen molar-refractivity contribution in [3.8, 4) is 0 Å². The molecule has 594 valence electrons. The third kappa shape index (κ3) is 23.4. The molecule has 6 rings (SSSR count). The molecule has 6 aliphatic rings. The van der Waals surface area contributed by atoms with E-state index >= 15 is 28.8 Å². The van der Waals surface area contributed by atoms with Crippen LogP contribution < -0.4 is 21.3 Å². The fourth-order valence-electron chi connectivity index (χ4n) is 16.6. The molecule has 11 atom stereocenters. The first-order valence-electron chi connectivity index (χ1n) is 38.6. The van der Waals surface area contributed by atoms with Crippen molar-refractivity contribution >= 4 is 88.4 Å². The Morgan fingerprint density at radius 1 is 0.581 bits per heavy atom. The number of rotatable bonds is 14. The summed E-state index contributed by atoms with van der Waals surface area (Å²) in [7, 11) is 12.6. The van der Waals surface area contributed by atoms with E-state index in [9.17, 15) is 46.7 Å². The van der Waals surface area contributed by atoms with E-state index in [0.717, 1.165) is 64.5 Å². The first-order chi connectivity index (χ1) is 49.5. The Kier molecular flexibility index (Phi) is 33.1. The van der Waals surface area contributed by atoms with Crippen molar-refractivity contribution in [1.29, 1.82) is 0 Å². The zero-order valence-corrected chi connectivity index (χ0v) is 65.5. The maximum atomic E-state index is 15.9. The molecule has 0 bridgehead atoms. The predicted molar refractivity (Wildman–Crippen MR) is 390 cm³/mol. The fourth-order valence-corrected chi connectivity index (χ4v) is 17.1. The van der Waals surface area contributed by atoms with Crippen molar-refractivity contribution < 1.29 is 75.5 Å². The van der Waals surface area contributed by atoms with Gasteiger partial charge in [0.05, 0.1) is 32.0 Å². The van der Waals surface area contributed by atoms with Gasteiger partial charge in [-0.15, -0.1) is 11.6 Å². The number of likely N-dealkylation sites (N-methyl/N-ethyl adjacent to an activating group) is 8. The summed E-state index contributed by atoms with van der Waals surface area (Å²) in [4.78, 5) is 205. The van der Waals surface area contributed by atoms with Crippen LogP contribution in [-0.2, 0) is 62.3 Å². The van der Waals surface area contributed by atoms with E-state index in [1.54, 1.807) is 11.8 Å². The van der Waals surface area contributed by atoms with E-state index in [0.29, 0.717) is 70.9 Å². The van der Waals surface area contributed by atoms with E-state index in [-0.39, 0.29) is 82.5 Å². The van der Waals surface area contributed by atoms with Crippen molar-refractivity contribution in [1.82, 2.24) is 65.4 Å². The van der Waals surface area contributed by atoms with Crippen LogP contribution in [0.3, 0.4) is 0 Å². The van der Waals surface area contributed by atoms with Gasteiger partial charge >= 0.3 is 6.18 Å². The van der Waals surface area contributed by atoms with Gasteiger partial charge in [0.2, 0.25) is 76.8 Å². The second-order valence-corrected chi connectivity index (χ2v) is 32.3. The van der Waals surface area contributed by atoms with Gasteiger partial charge in [-0.3, -0.25) is 62.3 Å². The number of amides is 13. The van der Waals surface area contributed by atoms with Crippen molar-refractivity contribution in [3.05, 3.63) is 0 Å². The molecule has 0 aromatic rings. The van der Waals surface area contributed by atoms with Crippen LogP contribution in [0.4, 0.5) is 13.2 Å². The molecule has 0 radical (unpaired) electrons. The second-order valence-electron chi connectivity index (χ2n) is 31.7. The third-order valence-corrected chi connectivity index (χ3v) is 24.1. The van der Waals surface area contributed by atoms with Gasteiger partial charge in [0.15, 0.2) is 0 Å². The Morgan fingerprint density at radius 3 is 1.74 bits per heavy atom. The number of halogens is 4. The molecule has 26 nitrogen and oxygen atoms in total. The summed E-state index contributed by atoms with van der Waals surface area (Å²) in [5.41, 5.74) is -1.69. The number of nitrogens with zero attached hydrogens (tertiary/aromatic N) is 9. The molecule has 2 saturated heterocycles. The third-order valence-electron chi connectivity index (χ3n) is 23.7. The predicted octanol–water partition coefficient (Wildman–Crippen LogP) is 5.85. The monoisotopic (exact) mass is 1510 g/mol. The molecule has 4 aliphatic carbocycles. The fraction of sp³-hybridized carbons (Fsp3) is 0.827. The summed E-state index contributed by atoms with van der Waals surface area (Å²) < 4.78 is 42.3. The molecular formula is C75H123ClF3N13O13. The number of carbonyl (C=O) groups excluding carboxylic acids is 13. The largest absolute Gasteiger partial charge is 0.393 e. The van der Waals surface area contributed by atoms with Crippen molar-refractivity contribution in [2.45, 2.75) is 267 Å². The van der Waals surface area contributed by atoms with Gasteiger partial charge in [-0.1, -0.05) is 98.3 Å². The van der Waals surface area contributed by atoms with Crippen molar-refractivity contribution in [2.75, 3.05) is 96.2 Å². The number of carbonyl (C=O) groups is 13. The summed E-state index contributed by atoms with van der Waals surface area (Å²) in [5, 5.41) is 9.99. The maximum absolute atomic E-state index is 15.9. The van der Waals surface area contributed by atoms with Crippen LogP contribution in [0.15, 0.2) is 0 Å². The summed E-state index contributed by atoms with van der Waals surface area (Å²) in [5.74, 6) is -12.0. The quantitative estimate of drug-likeness (QED) is 0.149. The van der Waals surface area contributed by atoms with E-state index in [1.165, 1.54) is 83.0 Å². The first-order valence-corrected chi connectivity index (χ1v) is 39.1. The van der Waals surface area contributed by atoms with Gasteiger partial charge in [-0.25, -0.2) is 0 Å².